The second-order valence-electron chi connectivity index (χ2n) is 14.3. The molecule has 4 saturated carbocycles. The van der Waals surface area contributed by atoms with Crippen molar-refractivity contribution in [3.8, 4) is 0 Å². The Hall–Kier alpha value is -3.59. The van der Waals surface area contributed by atoms with Crippen molar-refractivity contribution in [2.24, 2.45) is 23.2 Å². The smallest absolute Gasteiger partial charge is 0.272 e. The van der Waals surface area contributed by atoms with Crippen molar-refractivity contribution in [1.29, 1.82) is 0 Å². The number of H-pyrrole nitrogens is 1. The molecule has 2 heterocycles. The van der Waals surface area contributed by atoms with Crippen molar-refractivity contribution in [3.05, 3.63) is 75.5 Å². The SMILES string of the molecule is O=C(CC12CC3CC(CC(C3)C1)C2)NCCCCN1CCN(C(=O)c2cc(Cc3n[nH]c(=O)c4ccccc34)ccc2F)CC1. The van der Waals surface area contributed by atoms with E-state index in [2.05, 4.69) is 20.4 Å². The zero-order valence-electron chi connectivity index (χ0n) is 26.0. The van der Waals surface area contributed by atoms with Crippen LogP contribution in [0.25, 0.3) is 10.8 Å². The molecule has 45 heavy (non-hydrogen) atoms. The van der Waals surface area contributed by atoms with E-state index in [-0.39, 0.29) is 28.4 Å². The maximum Gasteiger partial charge on any atom is 0.272 e. The number of fused-ring (bicyclic) bond motifs is 1. The fourth-order valence-electron chi connectivity index (χ4n) is 9.29. The number of unbranched alkanes of at least 4 members (excludes halogenated alkanes) is 1. The fraction of sp³-hybridized carbons (Fsp3) is 0.556. The number of nitrogens with one attached hydrogen (secondary N) is 2. The second-order valence-corrected chi connectivity index (χ2v) is 14.3. The van der Waals surface area contributed by atoms with Crippen LogP contribution in [0, 0.1) is 29.0 Å². The number of hydrogen-bond acceptors (Lipinski definition) is 5. The monoisotopic (exact) mass is 613 g/mol. The Morgan fingerprint density at radius 2 is 1.62 bits per heavy atom. The largest absolute Gasteiger partial charge is 0.356 e. The maximum absolute atomic E-state index is 14.9. The normalized spacial score (nSPS) is 26.0. The maximum atomic E-state index is 14.9. The van der Waals surface area contributed by atoms with Crippen LogP contribution in [0.15, 0.2) is 47.3 Å². The van der Waals surface area contributed by atoms with E-state index < -0.39 is 5.82 Å². The van der Waals surface area contributed by atoms with Crippen molar-refractivity contribution in [2.75, 3.05) is 39.3 Å². The summed E-state index contributed by atoms with van der Waals surface area (Å²) in [7, 11) is 0. The van der Waals surface area contributed by atoms with Crippen LogP contribution in [0.3, 0.4) is 0 Å². The third-order valence-electron chi connectivity index (χ3n) is 11.0. The Kier molecular flexibility index (Phi) is 8.46. The summed E-state index contributed by atoms with van der Waals surface area (Å²) in [5.41, 5.74) is 1.53. The second kappa shape index (κ2) is 12.7. The number of nitrogens with zero attached hydrogens (tertiary/aromatic N) is 3. The Morgan fingerprint density at radius 1 is 0.933 bits per heavy atom. The molecule has 4 aliphatic carbocycles. The van der Waals surface area contributed by atoms with E-state index in [0.717, 1.165) is 74.1 Å². The zero-order valence-corrected chi connectivity index (χ0v) is 26.0. The van der Waals surface area contributed by atoms with Crippen LogP contribution in [0.5, 0.6) is 0 Å². The minimum absolute atomic E-state index is 0.0685. The molecular weight excluding hydrogens is 569 g/mol. The van der Waals surface area contributed by atoms with Gasteiger partial charge in [0.15, 0.2) is 0 Å². The van der Waals surface area contributed by atoms with E-state index in [9.17, 15) is 18.8 Å². The van der Waals surface area contributed by atoms with Gasteiger partial charge >= 0.3 is 0 Å². The van der Waals surface area contributed by atoms with E-state index in [0.29, 0.717) is 30.6 Å². The number of benzene rings is 2. The summed E-state index contributed by atoms with van der Waals surface area (Å²) in [6, 6.07) is 11.9. The summed E-state index contributed by atoms with van der Waals surface area (Å²) < 4.78 is 14.9. The Balaban J connectivity index is 0.852. The van der Waals surface area contributed by atoms with Crippen molar-refractivity contribution in [3.63, 3.8) is 0 Å². The van der Waals surface area contributed by atoms with Gasteiger partial charge in [0.05, 0.1) is 16.6 Å². The lowest BCUT2D eigenvalue weighted by molar-refractivity contribution is -0.129. The minimum atomic E-state index is -0.532. The standard InChI is InChI=1S/C36H44FN5O3/c37-31-8-7-24(19-32-28-5-1-2-6-29(28)34(44)40-39-32)18-30(31)35(45)42-13-11-41(12-14-42)10-4-3-9-38-33(43)23-36-20-25-15-26(21-36)17-27(16-25)22-36/h1-2,5-8,18,25-27H,3-4,9-17,19-23H2,(H,38,43)(H,40,44). The first-order valence-electron chi connectivity index (χ1n) is 16.9. The van der Waals surface area contributed by atoms with Crippen LogP contribution in [0.2, 0.25) is 0 Å². The van der Waals surface area contributed by atoms with Crippen LogP contribution < -0.4 is 10.9 Å². The van der Waals surface area contributed by atoms with Gasteiger partial charge in [0.1, 0.15) is 5.82 Å². The highest BCUT2D eigenvalue weighted by atomic mass is 19.1. The van der Waals surface area contributed by atoms with Crippen LogP contribution in [-0.2, 0) is 11.2 Å². The minimum Gasteiger partial charge on any atom is -0.356 e. The lowest BCUT2D eigenvalue weighted by atomic mass is 9.49. The molecule has 1 aromatic heterocycles. The van der Waals surface area contributed by atoms with E-state index in [1.165, 1.54) is 44.6 Å². The van der Waals surface area contributed by atoms with E-state index in [1.807, 2.05) is 12.1 Å². The molecular formula is C36H44FN5O3. The Labute approximate surface area is 263 Å². The van der Waals surface area contributed by atoms with E-state index in [4.69, 9.17) is 0 Å². The molecule has 4 bridgehead atoms. The molecule has 8 rings (SSSR count). The fourth-order valence-corrected chi connectivity index (χ4v) is 9.29. The summed E-state index contributed by atoms with van der Waals surface area (Å²) in [4.78, 5) is 42.4. The molecule has 2 amide bonds. The summed E-state index contributed by atoms with van der Waals surface area (Å²) >= 11 is 0. The molecule has 0 unspecified atom stereocenters. The van der Waals surface area contributed by atoms with Crippen molar-refractivity contribution in [1.82, 2.24) is 25.3 Å². The van der Waals surface area contributed by atoms with Gasteiger partial charge < -0.3 is 10.2 Å². The quantitative estimate of drug-likeness (QED) is 0.317. The number of halogens is 1. The van der Waals surface area contributed by atoms with Gasteiger partial charge in [-0.25, -0.2) is 9.49 Å². The predicted octanol–water partition coefficient (Wildman–Crippen LogP) is 4.91. The number of piperazine rings is 1. The molecule has 238 valence electrons. The number of hydrogen-bond donors (Lipinski definition) is 2. The zero-order chi connectivity index (χ0) is 31.0. The number of aromatic amines is 1. The molecule has 5 aliphatic rings. The van der Waals surface area contributed by atoms with Crippen LogP contribution in [-0.4, -0.2) is 71.1 Å². The lowest BCUT2D eigenvalue weighted by Crippen LogP contribution is -2.49. The van der Waals surface area contributed by atoms with Gasteiger partial charge in [-0.2, -0.15) is 5.10 Å². The van der Waals surface area contributed by atoms with Crippen LogP contribution in [0.1, 0.15) is 79.4 Å². The highest BCUT2D eigenvalue weighted by molar-refractivity contribution is 5.95. The van der Waals surface area contributed by atoms with Gasteiger partial charge in [-0.1, -0.05) is 24.3 Å². The summed E-state index contributed by atoms with van der Waals surface area (Å²) in [5, 5.41) is 11.3. The van der Waals surface area contributed by atoms with E-state index in [1.54, 1.807) is 29.2 Å². The van der Waals surface area contributed by atoms with Crippen molar-refractivity contribution >= 4 is 22.6 Å². The molecule has 9 heteroatoms. The molecule has 3 aromatic rings. The topological polar surface area (TPSA) is 98.4 Å². The predicted molar refractivity (Wildman–Crippen MR) is 171 cm³/mol. The van der Waals surface area contributed by atoms with Gasteiger partial charge in [0, 0.05) is 51.0 Å². The van der Waals surface area contributed by atoms with Gasteiger partial charge in [-0.05, 0) is 105 Å². The molecule has 2 aromatic carbocycles. The van der Waals surface area contributed by atoms with Gasteiger partial charge in [-0.3, -0.25) is 19.3 Å². The third-order valence-corrected chi connectivity index (χ3v) is 11.0. The summed E-state index contributed by atoms with van der Waals surface area (Å²) in [6.45, 7) is 4.25. The van der Waals surface area contributed by atoms with Gasteiger partial charge in [0.25, 0.3) is 11.5 Å². The highest BCUT2D eigenvalue weighted by Crippen LogP contribution is 2.61. The number of amides is 2. The molecule has 8 nitrogen and oxygen atoms in total. The van der Waals surface area contributed by atoms with Crippen LogP contribution >= 0.6 is 0 Å². The first-order chi connectivity index (χ1) is 21.8. The highest BCUT2D eigenvalue weighted by Gasteiger charge is 2.51. The average Bonchev–Trinajstić information content (AvgIpc) is 3.02. The molecule has 0 spiro atoms. The van der Waals surface area contributed by atoms with Crippen molar-refractivity contribution < 1.29 is 14.0 Å². The molecule has 1 saturated heterocycles. The van der Waals surface area contributed by atoms with Crippen LogP contribution in [0.4, 0.5) is 4.39 Å². The number of rotatable bonds is 10. The summed E-state index contributed by atoms with van der Waals surface area (Å²) in [5.74, 6) is 2.03. The van der Waals surface area contributed by atoms with E-state index >= 15 is 0 Å². The van der Waals surface area contributed by atoms with Gasteiger partial charge in [0.2, 0.25) is 5.91 Å². The van der Waals surface area contributed by atoms with Crippen molar-refractivity contribution in [2.45, 2.75) is 64.2 Å². The molecule has 2 N–H and O–H groups in total. The number of carbonyl (C=O) groups is 2. The Morgan fingerprint density at radius 3 is 2.33 bits per heavy atom. The molecule has 0 atom stereocenters. The molecule has 1 aliphatic heterocycles. The lowest BCUT2D eigenvalue weighted by Gasteiger charge is -2.56. The third kappa shape index (κ3) is 6.55. The average molecular weight is 614 g/mol. The number of aromatic nitrogens is 2. The Bertz CT molecular complexity index is 1590. The number of carbonyl (C=O) groups excluding carboxylic acids is 2. The summed E-state index contributed by atoms with van der Waals surface area (Å²) in [6.07, 6.45) is 11.1. The first-order valence-corrected chi connectivity index (χ1v) is 16.9. The first kappa shape index (κ1) is 30.1. The van der Waals surface area contributed by atoms with Gasteiger partial charge in [-0.15, -0.1) is 0 Å². The molecule has 0 radical (unpaired) electrons. The molecule has 5 fully saturated rings.